The summed E-state index contributed by atoms with van der Waals surface area (Å²) in [6, 6.07) is 20.9. The number of ether oxygens (including phenoxy) is 1. The van der Waals surface area contributed by atoms with Crippen LogP contribution in [0, 0.1) is 0 Å². The number of likely N-dealkylation sites (tertiary alicyclic amines) is 1. The van der Waals surface area contributed by atoms with Gasteiger partial charge in [0.2, 0.25) is 0 Å². The van der Waals surface area contributed by atoms with Gasteiger partial charge in [0.15, 0.2) is 0 Å². The Balaban J connectivity index is 0.000000411. The first-order valence-electron chi connectivity index (χ1n) is 11.5. The molecule has 1 aliphatic heterocycles. The van der Waals surface area contributed by atoms with Crippen LogP contribution in [-0.2, 0) is 24.5 Å². The van der Waals surface area contributed by atoms with E-state index in [1.165, 1.54) is 31.5 Å². The molecule has 176 valence electrons. The Morgan fingerprint density at radius 2 is 1.48 bits per heavy atom. The molecular formula is C27H35N3O3. The lowest BCUT2D eigenvalue weighted by Crippen LogP contribution is -2.18. The normalized spacial score (nSPS) is 12.6. The lowest BCUT2D eigenvalue weighted by molar-refractivity contribution is 0.155. The highest BCUT2D eigenvalue weighted by Gasteiger charge is 2.11. The van der Waals surface area contributed by atoms with Crippen LogP contribution in [0.2, 0.25) is 0 Å². The van der Waals surface area contributed by atoms with Gasteiger partial charge in [-0.15, -0.1) is 0 Å². The number of rotatable bonds is 6. The largest absolute Gasteiger partial charge is 0.444 e. The van der Waals surface area contributed by atoms with Crippen molar-refractivity contribution in [3.63, 3.8) is 0 Å². The fourth-order valence-corrected chi connectivity index (χ4v) is 3.25. The number of benzene rings is 2. The highest BCUT2D eigenvalue weighted by molar-refractivity contribution is 5.84. The average Bonchev–Trinajstić information content (AvgIpc) is 3.40. The number of nitrogens with zero attached hydrogens (tertiary/aromatic N) is 2. The number of carbonyl (C=O) groups is 1. The van der Waals surface area contributed by atoms with E-state index in [1.807, 2.05) is 80.6 Å². The highest BCUT2D eigenvalue weighted by atomic mass is 16.5. The predicted octanol–water partition coefficient (Wildman–Crippen LogP) is 5.63. The van der Waals surface area contributed by atoms with Crippen LogP contribution in [-0.4, -0.2) is 34.2 Å². The maximum atomic E-state index is 11.9. The summed E-state index contributed by atoms with van der Waals surface area (Å²) >= 11 is 0. The minimum Gasteiger partial charge on any atom is -0.444 e. The van der Waals surface area contributed by atoms with Crippen LogP contribution in [0.1, 0.15) is 43.4 Å². The second kappa shape index (κ2) is 15.6. The van der Waals surface area contributed by atoms with Gasteiger partial charge >= 0.3 is 6.09 Å². The molecule has 0 radical (unpaired) electrons. The van der Waals surface area contributed by atoms with E-state index < -0.39 is 6.09 Å². The maximum absolute atomic E-state index is 11.9. The van der Waals surface area contributed by atoms with Gasteiger partial charge in [0.1, 0.15) is 6.61 Å². The second-order valence-electron chi connectivity index (χ2n) is 7.38. The van der Waals surface area contributed by atoms with Crippen LogP contribution in [0.25, 0.3) is 0 Å². The zero-order valence-electron chi connectivity index (χ0n) is 19.6. The van der Waals surface area contributed by atoms with Crippen LogP contribution < -0.4 is 5.32 Å². The van der Waals surface area contributed by atoms with E-state index >= 15 is 0 Å². The molecule has 0 unspecified atom stereocenters. The highest BCUT2D eigenvalue weighted by Crippen LogP contribution is 2.15. The number of aliphatic hydroxyl groups excluding tert-OH is 1. The summed E-state index contributed by atoms with van der Waals surface area (Å²) in [5, 5.41) is 11.8. The van der Waals surface area contributed by atoms with E-state index in [1.54, 1.807) is 12.4 Å². The monoisotopic (exact) mass is 449 g/mol. The summed E-state index contributed by atoms with van der Waals surface area (Å²) in [6.07, 6.45) is 5.60. The Bertz CT molecular complexity index is 867. The lowest BCUT2D eigenvalue weighted by atomic mass is 10.1. The first kappa shape index (κ1) is 26.0. The molecule has 0 saturated carbocycles. The third kappa shape index (κ3) is 10.3. The number of nitrogens with one attached hydrogen (secondary N) is 1. The molecule has 0 atom stereocenters. The Morgan fingerprint density at radius 1 is 0.909 bits per heavy atom. The molecule has 33 heavy (non-hydrogen) atoms. The van der Waals surface area contributed by atoms with Gasteiger partial charge in [-0.25, -0.2) is 4.79 Å². The predicted molar refractivity (Wildman–Crippen MR) is 133 cm³/mol. The molecule has 1 fully saturated rings. The first-order valence-corrected chi connectivity index (χ1v) is 11.5. The summed E-state index contributed by atoms with van der Waals surface area (Å²) < 4.78 is 5.22. The van der Waals surface area contributed by atoms with Crippen molar-refractivity contribution in [1.82, 2.24) is 9.88 Å². The van der Waals surface area contributed by atoms with E-state index in [0.717, 1.165) is 23.4 Å². The minimum atomic E-state index is -0.474. The minimum absolute atomic E-state index is 0.00930. The molecule has 4 rings (SSSR count). The van der Waals surface area contributed by atoms with Gasteiger partial charge in [-0.3, -0.25) is 15.2 Å². The van der Waals surface area contributed by atoms with Crippen molar-refractivity contribution in [2.45, 2.75) is 46.4 Å². The van der Waals surface area contributed by atoms with Crippen LogP contribution in [0.4, 0.5) is 10.5 Å². The van der Waals surface area contributed by atoms with E-state index in [9.17, 15) is 4.79 Å². The van der Waals surface area contributed by atoms with Crippen molar-refractivity contribution in [3.8, 4) is 0 Å². The SMILES string of the molecule is CC.O=C(Nc1ccc(CN2CCCC2)cc1)OCc1ccc(CO)cc1.c1ccncc1. The molecule has 1 saturated heterocycles. The lowest BCUT2D eigenvalue weighted by Gasteiger charge is -2.14. The number of aliphatic hydroxyl groups is 1. The molecule has 2 aromatic carbocycles. The molecule has 2 heterocycles. The van der Waals surface area contributed by atoms with Crippen LogP contribution in [0.15, 0.2) is 79.1 Å². The third-order valence-corrected chi connectivity index (χ3v) is 4.95. The van der Waals surface area contributed by atoms with Gasteiger partial charge in [-0.2, -0.15) is 0 Å². The molecular weight excluding hydrogens is 414 g/mol. The van der Waals surface area contributed by atoms with Crippen molar-refractivity contribution in [3.05, 3.63) is 95.8 Å². The Labute approximate surface area is 197 Å². The standard InChI is InChI=1S/C20H24N2O3.C5H5N.C2H6/c23-14-17-3-5-18(6-4-17)15-25-20(24)21-19-9-7-16(8-10-19)13-22-11-1-2-12-22;1-2-4-6-5-3-1;1-2/h3-10,23H,1-2,11-15H2,(H,21,24);1-5H;1-2H3. The molecule has 0 bridgehead atoms. The number of hydrogen-bond acceptors (Lipinski definition) is 5. The molecule has 1 aromatic heterocycles. The van der Waals surface area contributed by atoms with Gasteiger partial charge in [0, 0.05) is 24.6 Å². The molecule has 3 aromatic rings. The molecule has 6 nitrogen and oxygen atoms in total. The molecule has 1 amide bonds. The topological polar surface area (TPSA) is 74.7 Å². The van der Waals surface area contributed by atoms with Gasteiger partial charge in [-0.05, 0) is 66.9 Å². The number of pyridine rings is 1. The fourth-order valence-electron chi connectivity index (χ4n) is 3.25. The van der Waals surface area contributed by atoms with Crippen molar-refractivity contribution < 1.29 is 14.6 Å². The van der Waals surface area contributed by atoms with Crippen LogP contribution >= 0.6 is 0 Å². The zero-order chi connectivity index (χ0) is 23.7. The van der Waals surface area contributed by atoms with Crippen molar-refractivity contribution in [2.75, 3.05) is 18.4 Å². The van der Waals surface area contributed by atoms with Crippen molar-refractivity contribution in [1.29, 1.82) is 0 Å². The van der Waals surface area contributed by atoms with Crippen LogP contribution in [0.3, 0.4) is 0 Å². The smallest absolute Gasteiger partial charge is 0.411 e. The number of amides is 1. The van der Waals surface area contributed by atoms with Gasteiger partial charge in [0.05, 0.1) is 6.61 Å². The second-order valence-corrected chi connectivity index (χ2v) is 7.38. The molecule has 6 heteroatoms. The number of anilines is 1. The third-order valence-electron chi connectivity index (χ3n) is 4.95. The Morgan fingerprint density at radius 3 is 2.00 bits per heavy atom. The fraction of sp³-hybridized carbons (Fsp3) is 0.333. The van der Waals surface area contributed by atoms with E-state index in [2.05, 4.69) is 15.2 Å². The Hall–Kier alpha value is -3.22. The first-order chi connectivity index (χ1) is 16.2. The van der Waals surface area contributed by atoms with Gasteiger partial charge < -0.3 is 9.84 Å². The number of hydrogen-bond donors (Lipinski definition) is 2. The number of carbonyl (C=O) groups excluding carboxylic acids is 1. The molecule has 0 aliphatic carbocycles. The summed E-state index contributed by atoms with van der Waals surface area (Å²) in [7, 11) is 0. The molecule has 0 spiro atoms. The quantitative estimate of drug-likeness (QED) is 0.510. The Kier molecular flexibility index (Phi) is 12.3. The summed E-state index contributed by atoms with van der Waals surface area (Å²) in [5.74, 6) is 0. The zero-order valence-corrected chi connectivity index (χ0v) is 19.6. The molecule has 2 N–H and O–H groups in total. The summed E-state index contributed by atoms with van der Waals surface area (Å²) in [6.45, 7) is 7.52. The summed E-state index contributed by atoms with van der Waals surface area (Å²) in [5.41, 5.74) is 3.70. The van der Waals surface area contributed by atoms with E-state index in [-0.39, 0.29) is 13.2 Å². The van der Waals surface area contributed by atoms with Gasteiger partial charge in [-0.1, -0.05) is 56.3 Å². The maximum Gasteiger partial charge on any atom is 0.411 e. The summed E-state index contributed by atoms with van der Waals surface area (Å²) in [4.78, 5) is 18.1. The van der Waals surface area contributed by atoms with Crippen molar-refractivity contribution in [2.24, 2.45) is 0 Å². The van der Waals surface area contributed by atoms with Gasteiger partial charge in [0.25, 0.3) is 0 Å². The van der Waals surface area contributed by atoms with Crippen LogP contribution in [0.5, 0.6) is 0 Å². The van der Waals surface area contributed by atoms with Crippen molar-refractivity contribution >= 4 is 11.8 Å². The van der Waals surface area contributed by atoms with E-state index in [4.69, 9.17) is 9.84 Å². The number of aromatic nitrogens is 1. The average molecular weight is 450 g/mol. The van der Waals surface area contributed by atoms with E-state index in [0.29, 0.717) is 0 Å². The molecule has 1 aliphatic rings.